The number of carbonyl (C=O) groups is 2. The summed E-state index contributed by atoms with van der Waals surface area (Å²) in [6, 6.07) is 20.2. The Kier molecular flexibility index (Phi) is 4.92. The minimum Gasteiger partial charge on any atom is -0.483 e. The van der Waals surface area contributed by atoms with Gasteiger partial charge in [0, 0.05) is 5.69 Å². The Morgan fingerprint density at radius 3 is 2.24 bits per heavy atom. The van der Waals surface area contributed by atoms with E-state index in [1.807, 2.05) is 47.9 Å². The summed E-state index contributed by atoms with van der Waals surface area (Å²) in [7, 11) is 0. The first-order valence-electron chi connectivity index (χ1n) is 7.69. The third kappa shape index (κ3) is 3.94. The van der Waals surface area contributed by atoms with Gasteiger partial charge in [0.25, 0.3) is 11.8 Å². The van der Waals surface area contributed by atoms with Crippen LogP contribution in [0.3, 0.4) is 0 Å². The second kappa shape index (κ2) is 7.46. The molecule has 6 nitrogen and oxygen atoms in total. The molecule has 0 radical (unpaired) electrons. The fourth-order valence-corrected chi connectivity index (χ4v) is 2.42. The van der Waals surface area contributed by atoms with E-state index >= 15 is 0 Å². The first kappa shape index (κ1) is 16.5. The molecule has 4 N–H and O–H groups in total. The van der Waals surface area contributed by atoms with Crippen LogP contribution < -0.4 is 21.3 Å². The van der Waals surface area contributed by atoms with Crippen LogP contribution in [-0.4, -0.2) is 18.4 Å². The lowest BCUT2D eigenvalue weighted by molar-refractivity contribution is -0.123. The number of ether oxygens (including phenoxy) is 1. The largest absolute Gasteiger partial charge is 0.483 e. The minimum absolute atomic E-state index is 0.277. The molecule has 0 atom stereocenters. The number of anilines is 1. The molecule has 0 aromatic heterocycles. The fraction of sp³-hybridized carbons (Fsp3) is 0.0526. The Labute approximate surface area is 144 Å². The van der Waals surface area contributed by atoms with Gasteiger partial charge in [-0.1, -0.05) is 42.5 Å². The Hall–Kier alpha value is -3.38. The summed E-state index contributed by atoms with van der Waals surface area (Å²) in [5, 5.41) is 4.62. The molecular formula is C19H17N3O3. The predicted molar refractivity (Wildman–Crippen MR) is 96.2 cm³/mol. The van der Waals surface area contributed by atoms with Crippen molar-refractivity contribution in [2.45, 2.75) is 0 Å². The monoisotopic (exact) mass is 335 g/mol. The van der Waals surface area contributed by atoms with Gasteiger partial charge in [0.1, 0.15) is 5.75 Å². The third-order valence-electron chi connectivity index (χ3n) is 3.64. The maximum Gasteiger partial charge on any atom is 0.271 e. The molecule has 0 bridgehead atoms. The van der Waals surface area contributed by atoms with Crippen molar-refractivity contribution in [3.63, 3.8) is 0 Å². The molecule has 0 aliphatic heterocycles. The van der Waals surface area contributed by atoms with Crippen LogP contribution in [0.25, 0.3) is 10.8 Å². The van der Waals surface area contributed by atoms with E-state index in [1.165, 1.54) is 0 Å². The number of rotatable bonds is 5. The number of fused-ring (bicyclic) bond motifs is 1. The summed E-state index contributed by atoms with van der Waals surface area (Å²) in [6.07, 6.45) is 0. The number of carbonyl (C=O) groups excluding carboxylic acids is 2. The second-order valence-corrected chi connectivity index (χ2v) is 5.37. The summed E-state index contributed by atoms with van der Waals surface area (Å²) in [5.74, 6) is 4.58. The smallest absolute Gasteiger partial charge is 0.271 e. The van der Waals surface area contributed by atoms with Crippen molar-refractivity contribution in [3.05, 3.63) is 72.3 Å². The molecule has 126 valence electrons. The first-order chi connectivity index (χ1) is 12.2. The van der Waals surface area contributed by atoms with Gasteiger partial charge in [-0.05, 0) is 35.0 Å². The van der Waals surface area contributed by atoms with E-state index in [0.717, 1.165) is 10.8 Å². The van der Waals surface area contributed by atoms with Gasteiger partial charge in [-0.2, -0.15) is 0 Å². The number of hydrogen-bond donors (Lipinski definition) is 3. The molecule has 0 fully saturated rings. The molecule has 0 unspecified atom stereocenters. The lowest BCUT2D eigenvalue weighted by Crippen LogP contribution is -2.34. The molecule has 3 rings (SSSR count). The average molecular weight is 335 g/mol. The Bertz CT molecular complexity index is 910. The van der Waals surface area contributed by atoms with E-state index in [-0.39, 0.29) is 12.5 Å². The highest BCUT2D eigenvalue weighted by Crippen LogP contribution is 2.27. The van der Waals surface area contributed by atoms with E-state index in [2.05, 4.69) is 5.32 Å². The summed E-state index contributed by atoms with van der Waals surface area (Å²) in [5.41, 5.74) is 3.01. The molecular weight excluding hydrogens is 318 g/mol. The van der Waals surface area contributed by atoms with E-state index < -0.39 is 5.91 Å². The van der Waals surface area contributed by atoms with Crippen molar-refractivity contribution >= 4 is 28.3 Å². The zero-order chi connectivity index (χ0) is 17.6. The quantitative estimate of drug-likeness (QED) is 0.379. The molecule has 3 aromatic carbocycles. The van der Waals surface area contributed by atoms with Crippen LogP contribution in [0.15, 0.2) is 66.7 Å². The van der Waals surface area contributed by atoms with Gasteiger partial charge in [0.05, 0.1) is 5.56 Å². The number of amides is 2. The van der Waals surface area contributed by atoms with Crippen molar-refractivity contribution in [2.75, 3.05) is 11.9 Å². The molecule has 0 saturated heterocycles. The predicted octanol–water partition coefficient (Wildman–Crippen LogP) is 2.46. The molecule has 6 heteroatoms. The highest BCUT2D eigenvalue weighted by atomic mass is 16.5. The summed E-state index contributed by atoms with van der Waals surface area (Å²) in [6.45, 7) is -0.277. The van der Waals surface area contributed by atoms with Crippen LogP contribution in [0.4, 0.5) is 5.69 Å². The number of hydrazine groups is 1. The molecule has 2 amide bonds. The van der Waals surface area contributed by atoms with E-state index in [9.17, 15) is 9.59 Å². The zero-order valence-corrected chi connectivity index (χ0v) is 13.4. The number of para-hydroxylation sites is 1. The summed E-state index contributed by atoms with van der Waals surface area (Å²) >= 11 is 0. The number of hydrogen-bond acceptors (Lipinski definition) is 4. The summed E-state index contributed by atoms with van der Waals surface area (Å²) in [4.78, 5) is 24.0. The van der Waals surface area contributed by atoms with Crippen LogP contribution >= 0.6 is 0 Å². The topological polar surface area (TPSA) is 93.4 Å². The van der Waals surface area contributed by atoms with E-state index in [4.69, 9.17) is 10.6 Å². The molecule has 25 heavy (non-hydrogen) atoms. The van der Waals surface area contributed by atoms with Crippen LogP contribution in [0.1, 0.15) is 10.4 Å². The second-order valence-electron chi connectivity index (χ2n) is 5.37. The van der Waals surface area contributed by atoms with Gasteiger partial charge in [-0.25, -0.2) is 5.84 Å². The normalized spacial score (nSPS) is 10.3. The molecule has 0 aliphatic rings. The van der Waals surface area contributed by atoms with Gasteiger partial charge < -0.3 is 10.1 Å². The van der Waals surface area contributed by atoms with E-state index in [1.54, 1.807) is 24.3 Å². The fourth-order valence-electron chi connectivity index (χ4n) is 2.42. The Morgan fingerprint density at radius 1 is 0.920 bits per heavy atom. The lowest BCUT2D eigenvalue weighted by Gasteiger charge is -2.13. The van der Waals surface area contributed by atoms with Crippen LogP contribution in [0.5, 0.6) is 5.75 Å². The Morgan fingerprint density at radius 2 is 1.56 bits per heavy atom. The number of nitrogens with one attached hydrogen (secondary N) is 2. The van der Waals surface area contributed by atoms with Gasteiger partial charge in [0.2, 0.25) is 0 Å². The highest BCUT2D eigenvalue weighted by Gasteiger charge is 2.15. The first-order valence-corrected chi connectivity index (χ1v) is 7.69. The molecule has 0 saturated carbocycles. The molecule has 3 aromatic rings. The van der Waals surface area contributed by atoms with Crippen molar-refractivity contribution in [1.29, 1.82) is 0 Å². The average Bonchev–Trinajstić information content (AvgIpc) is 2.66. The number of nitrogens with two attached hydrogens (primary N) is 1. The SMILES string of the molecule is NNC(=O)COc1cc2ccccc2cc1C(=O)Nc1ccccc1. The third-order valence-corrected chi connectivity index (χ3v) is 3.64. The highest BCUT2D eigenvalue weighted by molar-refractivity contribution is 6.08. The standard InChI is InChI=1S/C19H17N3O3/c20-22-18(23)12-25-17-11-14-7-5-4-6-13(14)10-16(17)19(24)21-15-8-2-1-3-9-15/h1-11H,12,20H2,(H,21,24)(H,22,23). The van der Waals surface area contributed by atoms with Gasteiger partial charge in [0.15, 0.2) is 6.61 Å². The van der Waals surface area contributed by atoms with E-state index in [0.29, 0.717) is 17.0 Å². The van der Waals surface area contributed by atoms with Crippen LogP contribution in [0.2, 0.25) is 0 Å². The van der Waals surface area contributed by atoms with Gasteiger partial charge in [-0.15, -0.1) is 0 Å². The molecule has 0 heterocycles. The maximum atomic E-state index is 12.7. The van der Waals surface area contributed by atoms with Crippen molar-refractivity contribution in [1.82, 2.24) is 5.43 Å². The van der Waals surface area contributed by atoms with Gasteiger partial charge in [-0.3, -0.25) is 15.0 Å². The lowest BCUT2D eigenvalue weighted by atomic mass is 10.1. The summed E-state index contributed by atoms with van der Waals surface area (Å²) < 4.78 is 5.50. The molecule has 0 aliphatic carbocycles. The minimum atomic E-state index is -0.484. The maximum absolute atomic E-state index is 12.7. The zero-order valence-electron chi connectivity index (χ0n) is 13.4. The van der Waals surface area contributed by atoms with Crippen LogP contribution in [-0.2, 0) is 4.79 Å². The Balaban J connectivity index is 1.95. The van der Waals surface area contributed by atoms with Gasteiger partial charge >= 0.3 is 0 Å². The van der Waals surface area contributed by atoms with Crippen molar-refractivity contribution < 1.29 is 14.3 Å². The van der Waals surface area contributed by atoms with Crippen LogP contribution in [0, 0.1) is 0 Å². The van der Waals surface area contributed by atoms with Crippen molar-refractivity contribution in [2.24, 2.45) is 5.84 Å². The number of benzene rings is 3. The molecule has 0 spiro atoms. The van der Waals surface area contributed by atoms with Crippen molar-refractivity contribution in [3.8, 4) is 5.75 Å².